The van der Waals surface area contributed by atoms with Crippen molar-refractivity contribution >= 4 is 27.6 Å². The fourth-order valence-electron chi connectivity index (χ4n) is 1.37. The van der Waals surface area contributed by atoms with Crippen molar-refractivity contribution < 1.29 is 13.2 Å². The highest BCUT2D eigenvalue weighted by Crippen LogP contribution is 2.18. The van der Waals surface area contributed by atoms with Crippen molar-refractivity contribution in [3.8, 4) is 0 Å². The van der Waals surface area contributed by atoms with E-state index < -0.39 is 10.0 Å². The predicted molar refractivity (Wildman–Crippen MR) is 69.3 cm³/mol. The molecule has 0 fully saturated rings. The highest BCUT2D eigenvalue weighted by atomic mass is 32.2. The zero-order chi connectivity index (χ0) is 13.7. The zero-order valence-corrected chi connectivity index (χ0v) is 10.5. The third kappa shape index (κ3) is 3.25. The first-order chi connectivity index (χ1) is 9.12. The molecule has 6 nitrogen and oxygen atoms in total. The van der Waals surface area contributed by atoms with E-state index in [0.717, 1.165) is 0 Å². The van der Waals surface area contributed by atoms with Crippen LogP contribution in [-0.4, -0.2) is 19.5 Å². The van der Waals surface area contributed by atoms with Crippen LogP contribution in [0.1, 0.15) is 0 Å². The Morgan fingerprint density at radius 1 is 1.11 bits per heavy atom. The van der Waals surface area contributed by atoms with Gasteiger partial charge in [0.2, 0.25) is 6.08 Å². The first-order valence-corrected chi connectivity index (χ1v) is 6.72. The lowest BCUT2D eigenvalue weighted by Crippen LogP contribution is -2.13. The van der Waals surface area contributed by atoms with Crippen molar-refractivity contribution in [2.24, 2.45) is 4.99 Å². The van der Waals surface area contributed by atoms with Crippen molar-refractivity contribution in [1.29, 1.82) is 0 Å². The van der Waals surface area contributed by atoms with Crippen LogP contribution in [-0.2, 0) is 14.8 Å². The Bertz CT molecular complexity index is 706. The molecular formula is C12H9N3O3S. The molecule has 1 heterocycles. The van der Waals surface area contributed by atoms with Gasteiger partial charge in [0.25, 0.3) is 10.0 Å². The number of nitrogens with zero attached hydrogens (tertiary/aromatic N) is 2. The number of carbonyl (C=O) groups excluding carboxylic acids is 1. The highest BCUT2D eigenvalue weighted by Gasteiger charge is 2.14. The molecule has 19 heavy (non-hydrogen) atoms. The van der Waals surface area contributed by atoms with Crippen LogP contribution in [0, 0.1) is 0 Å². The number of hydrogen-bond acceptors (Lipinski definition) is 5. The van der Waals surface area contributed by atoms with Crippen molar-refractivity contribution in [2.75, 3.05) is 4.72 Å². The second-order valence-corrected chi connectivity index (χ2v) is 5.20. The molecule has 0 unspecified atom stereocenters. The number of aromatic nitrogens is 1. The van der Waals surface area contributed by atoms with Gasteiger partial charge in [-0.2, -0.15) is 4.99 Å². The molecule has 96 valence electrons. The highest BCUT2D eigenvalue weighted by molar-refractivity contribution is 7.92. The number of benzene rings is 1. The van der Waals surface area contributed by atoms with Gasteiger partial charge in [0.15, 0.2) is 0 Å². The Balaban J connectivity index is 2.27. The van der Waals surface area contributed by atoms with Gasteiger partial charge in [0, 0.05) is 6.20 Å². The van der Waals surface area contributed by atoms with E-state index in [2.05, 4.69) is 14.7 Å². The quantitative estimate of drug-likeness (QED) is 0.681. The molecule has 1 aromatic heterocycles. The minimum absolute atomic E-state index is 0.0583. The number of hydrogen-bond donors (Lipinski definition) is 1. The second-order valence-electron chi connectivity index (χ2n) is 3.52. The first kappa shape index (κ1) is 12.9. The van der Waals surface area contributed by atoms with Gasteiger partial charge in [-0.25, -0.2) is 18.2 Å². The average molecular weight is 275 g/mol. The Labute approximate surface area is 109 Å². The molecule has 1 aromatic carbocycles. The lowest BCUT2D eigenvalue weighted by atomic mass is 10.3. The Hall–Kier alpha value is -2.50. The molecule has 0 saturated heterocycles. The zero-order valence-electron chi connectivity index (χ0n) is 9.65. The van der Waals surface area contributed by atoms with Crippen molar-refractivity contribution in [3.05, 3.63) is 48.7 Å². The summed E-state index contributed by atoms with van der Waals surface area (Å²) in [6.07, 6.45) is 2.87. The van der Waals surface area contributed by atoms with E-state index in [1.807, 2.05) is 0 Å². The third-order valence-electron chi connectivity index (χ3n) is 2.23. The van der Waals surface area contributed by atoms with Gasteiger partial charge >= 0.3 is 0 Å². The number of rotatable bonds is 4. The molecule has 2 rings (SSSR count). The number of isocyanates is 1. The van der Waals surface area contributed by atoms with Gasteiger partial charge in [0.1, 0.15) is 5.82 Å². The van der Waals surface area contributed by atoms with Crippen LogP contribution in [0.25, 0.3) is 0 Å². The van der Waals surface area contributed by atoms with Gasteiger partial charge in [-0.1, -0.05) is 6.07 Å². The monoisotopic (exact) mass is 275 g/mol. The van der Waals surface area contributed by atoms with Gasteiger partial charge in [-0.05, 0) is 36.4 Å². The summed E-state index contributed by atoms with van der Waals surface area (Å²) in [6.45, 7) is 0. The maximum atomic E-state index is 12.0. The largest absolute Gasteiger partial charge is 0.263 e. The van der Waals surface area contributed by atoms with Crippen LogP contribution in [0.2, 0.25) is 0 Å². The molecule has 7 heteroatoms. The average Bonchev–Trinajstić information content (AvgIpc) is 2.40. The molecule has 0 bridgehead atoms. The lowest BCUT2D eigenvalue weighted by Gasteiger charge is -2.06. The maximum Gasteiger partial charge on any atom is 0.263 e. The van der Waals surface area contributed by atoms with Crippen LogP contribution in [0.4, 0.5) is 11.5 Å². The van der Waals surface area contributed by atoms with Crippen molar-refractivity contribution in [1.82, 2.24) is 4.98 Å². The third-order valence-corrected chi connectivity index (χ3v) is 3.60. The normalized spacial score (nSPS) is 10.5. The number of pyridine rings is 1. The second kappa shape index (κ2) is 5.43. The van der Waals surface area contributed by atoms with Crippen LogP contribution in [0.3, 0.4) is 0 Å². The molecule has 0 aliphatic rings. The number of anilines is 1. The van der Waals surface area contributed by atoms with Gasteiger partial charge in [-0.3, -0.25) is 4.72 Å². The summed E-state index contributed by atoms with van der Waals surface area (Å²) >= 11 is 0. The molecule has 0 atom stereocenters. The summed E-state index contributed by atoms with van der Waals surface area (Å²) in [5.41, 5.74) is 0.340. The summed E-state index contributed by atoms with van der Waals surface area (Å²) in [6, 6.07) is 10.4. The topological polar surface area (TPSA) is 88.5 Å². The Kier molecular flexibility index (Phi) is 3.70. The Morgan fingerprint density at radius 3 is 2.42 bits per heavy atom. The number of nitrogens with one attached hydrogen (secondary N) is 1. The molecule has 0 aliphatic carbocycles. The van der Waals surface area contributed by atoms with E-state index in [9.17, 15) is 13.2 Å². The lowest BCUT2D eigenvalue weighted by molar-refractivity contribution is 0.565. The van der Waals surface area contributed by atoms with Crippen LogP contribution >= 0.6 is 0 Å². The van der Waals surface area contributed by atoms with Crippen molar-refractivity contribution in [3.63, 3.8) is 0 Å². The van der Waals surface area contributed by atoms with Gasteiger partial charge < -0.3 is 0 Å². The van der Waals surface area contributed by atoms with E-state index in [1.54, 1.807) is 18.2 Å². The van der Waals surface area contributed by atoms with Crippen LogP contribution < -0.4 is 4.72 Å². The maximum absolute atomic E-state index is 12.0. The summed E-state index contributed by atoms with van der Waals surface area (Å²) < 4.78 is 26.4. The fourth-order valence-corrected chi connectivity index (χ4v) is 2.38. The van der Waals surface area contributed by atoms with E-state index in [-0.39, 0.29) is 10.7 Å². The molecule has 2 aromatic rings. The number of sulfonamides is 1. The summed E-state index contributed by atoms with van der Waals surface area (Å²) in [4.78, 5) is 17.4. The van der Waals surface area contributed by atoms with E-state index in [0.29, 0.717) is 5.69 Å². The van der Waals surface area contributed by atoms with Crippen molar-refractivity contribution in [2.45, 2.75) is 4.90 Å². The number of aliphatic imine (C=N–C) groups is 1. The van der Waals surface area contributed by atoms with Gasteiger partial charge in [0.05, 0.1) is 10.6 Å². The summed E-state index contributed by atoms with van der Waals surface area (Å²) in [5.74, 6) is 0.234. The van der Waals surface area contributed by atoms with Crippen LogP contribution in [0.15, 0.2) is 58.5 Å². The minimum Gasteiger partial charge on any atom is -0.263 e. The molecule has 0 aliphatic heterocycles. The van der Waals surface area contributed by atoms with Crippen LogP contribution in [0.5, 0.6) is 0 Å². The minimum atomic E-state index is -3.70. The molecular weight excluding hydrogens is 266 g/mol. The SMILES string of the molecule is O=C=Nc1ccc(S(=O)(=O)Nc2ccccn2)cc1. The van der Waals surface area contributed by atoms with E-state index in [1.165, 1.54) is 36.5 Å². The first-order valence-electron chi connectivity index (χ1n) is 5.23. The fraction of sp³-hybridized carbons (Fsp3) is 0. The van der Waals surface area contributed by atoms with Gasteiger partial charge in [-0.15, -0.1) is 0 Å². The van der Waals surface area contributed by atoms with E-state index >= 15 is 0 Å². The summed E-state index contributed by atoms with van der Waals surface area (Å²) in [5, 5.41) is 0. The van der Waals surface area contributed by atoms with E-state index in [4.69, 9.17) is 0 Å². The molecule has 0 spiro atoms. The smallest absolute Gasteiger partial charge is 0.263 e. The summed E-state index contributed by atoms with van der Waals surface area (Å²) in [7, 11) is -3.70. The molecule has 1 N–H and O–H groups in total. The standard InChI is InChI=1S/C12H9N3O3S/c16-9-14-10-4-6-11(7-5-10)19(17,18)15-12-3-1-2-8-13-12/h1-8H,(H,13,15). The molecule has 0 amide bonds. The molecule has 0 radical (unpaired) electrons. The Morgan fingerprint density at radius 2 is 1.84 bits per heavy atom. The molecule has 0 saturated carbocycles. The predicted octanol–water partition coefficient (Wildman–Crippen LogP) is 1.85.